The van der Waals surface area contributed by atoms with Gasteiger partial charge < -0.3 is 4.74 Å². The molecule has 0 saturated carbocycles. The number of alkyl halides is 3. The van der Waals surface area contributed by atoms with E-state index >= 15 is 0 Å². The Bertz CT molecular complexity index is 508. The maximum absolute atomic E-state index is 12.1. The van der Waals surface area contributed by atoms with Gasteiger partial charge >= 0.3 is 6.36 Å². The van der Waals surface area contributed by atoms with Crippen molar-refractivity contribution in [2.45, 2.75) is 38.5 Å². The van der Waals surface area contributed by atoms with Gasteiger partial charge in [-0.1, -0.05) is 44.4 Å². The highest BCUT2D eigenvalue weighted by atomic mass is 19.4. The van der Waals surface area contributed by atoms with Crippen molar-refractivity contribution in [3.05, 3.63) is 42.8 Å². The van der Waals surface area contributed by atoms with Gasteiger partial charge in [-0.2, -0.15) is 0 Å². The van der Waals surface area contributed by atoms with Gasteiger partial charge in [-0.05, 0) is 42.7 Å². The Kier molecular flexibility index (Phi) is 6.51. The molecule has 0 fully saturated rings. The molecule has 5 heteroatoms. The third-order valence-corrected chi connectivity index (χ3v) is 3.98. The summed E-state index contributed by atoms with van der Waals surface area (Å²) < 4.78 is 40.3. The zero-order chi connectivity index (χ0) is 16.7. The van der Waals surface area contributed by atoms with E-state index in [2.05, 4.69) is 22.6 Å². The van der Waals surface area contributed by atoms with Gasteiger partial charge in [0.05, 0.1) is 0 Å². The lowest BCUT2D eigenvalue weighted by Crippen LogP contribution is -2.29. The monoisotopic (exact) mass is 326 g/mol. The lowest BCUT2D eigenvalue weighted by molar-refractivity contribution is -0.274. The average molecular weight is 326 g/mol. The molecule has 23 heavy (non-hydrogen) atoms. The minimum Gasteiger partial charge on any atom is -0.406 e. The van der Waals surface area contributed by atoms with Crippen LogP contribution in [0.5, 0.6) is 5.75 Å². The first-order chi connectivity index (χ1) is 11.0. The van der Waals surface area contributed by atoms with Crippen molar-refractivity contribution in [2.24, 2.45) is 0 Å². The van der Waals surface area contributed by atoms with Crippen LogP contribution in [0.2, 0.25) is 0 Å². The number of ether oxygens (including phenoxy) is 1. The van der Waals surface area contributed by atoms with Crippen molar-refractivity contribution in [1.29, 1.82) is 0 Å². The summed E-state index contributed by atoms with van der Waals surface area (Å²) in [4.78, 5) is 2.41. The van der Waals surface area contributed by atoms with Crippen molar-refractivity contribution in [1.82, 2.24) is 4.90 Å². The van der Waals surface area contributed by atoms with Crippen LogP contribution in [0.4, 0.5) is 13.2 Å². The van der Waals surface area contributed by atoms with E-state index in [0.717, 1.165) is 38.0 Å². The highest BCUT2D eigenvalue weighted by Crippen LogP contribution is 2.27. The molecule has 0 N–H and O–H groups in total. The molecule has 0 aliphatic carbocycles. The minimum absolute atomic E-state index is 0.176. The molecular weight excluding hydrogens is 303 g/mol. The Morgan fingerprint density at radius 3 is 2.39 bits per heavy atom. The second kappa shape index (κ2) is 8.39. The molecule has 1 heterocycles. The highest BCUT2D eigenvalue weighted by molar-refractivity contribution is 5.67. The zero-order valence-corrected chi connectivity index (χ0v) is 13.2. The Morgan fingerprint density at radius 1 is 1.09 bits per heavy atom. The van der Waals surface area contributed by atoms with E-state index in [1.54, 1.807) is 12.1 Å². The van der Waals surface area contributed by atoms with E-state index in [4.69, 9.17) is 0 Å². The minimum atomic E-state index is -4.64. The Hall–Kier alpha value is -1.49. The van der Waals surface area contributed by atoms with E-state index in [1.807, 2.05) is 0 Å². The van der Waals surface area contributed by atoms with Crippen molar-refractivity contribution in [3.8, 4) is 5.75 Å². The third kappa shape index (κ3) is 6.26. The quantitative estimate of drug-likeness (QED) is 0.649. The molecule has 0 bridgehead atoms. The number of hydrogen-bond acceptors (Lipinski definition) is 2. The summed E-state index contributed by atoms with van der Waals surface area (Å²) in [7, 11) is 0. The first kappa shape index (κ1) is 17.9. The lowest BCUT2D eigenvalue weighted by Gasteiger charge is -2.26. The summed E-state index contributed by atoms with van der Waals surface area (Å²) in [6.07, 6.45) is 3.05. The zero-order valence-electron chi connectivity index (χ0n) is 13.2. The molecule has 0 aromatic heterocycles. The normalized spacial score (nSPS) is 16.3. The van der Waals surface area contributed by atoms with Crippen LogP contribution in [0.3, 0.4) is 0 Å². The Morgan fingerprint density at radius 2 is 1.83 bits per heavy atom. The number of nitrogens with zero attached hydrogens (tertiary/aromatic N) is 1. The summed E-state index contributed by atoms with van der Waals surface area (Å²) >= 11 is 0. The van der Waals surface area contributed by atoms with Crippen molar-refractivity contribution >= 4 is 5.57 Å². The predicted molar refractivity (Wildman–Crippen MR) is 86.0 cm³/mol. The topological polar surface area (TPSA) is 12.5 Å². The average Bonchev–Trinajstić information content (AvgIpc) is 2.52. The first-order valence-corrected chi connectivity index (χ1v) is 8.05. The molecule has 1 aromatic rings. The molecular formula is C18H23F3NO. The van der Waals surface area contributed by atoms with Crippen LogP contribution in [0, 0.1) is 6.92 Å². The van der Waals surface area contributed by atoms with Crippen LogP contribution >= 0.6 is 0 Å². The molecule has 1 aliphatic rings. The molecule has 0 unspecified atom stereocenters. The van der Waals surface area contributed by atoms with Crippen molar-refractivity contribution in [3.63, 3.8) is 0 Å². The van der Waals surface area contributed by atoms with Crippen LogP contribution in [-0.4, -0.2) is 30.9 Å². The van der Waals surface area contributed by atoms with Gasteiger partial charge in [0.2, 0.25) is 0 Å². The molecule has 0 spiro atoms. The number of benzene rings is 1. The molecule has 0 amide bonds. The van der Waals surface area contributed by atoms with Gasteiger partial charge in [0.15, 0.2) is 0 Å². The van der Waals surface area contributed by atoms with Gasteiger partial charge in [0.1, 0.15) is 5.75 Å². The van der Waals surface area contributed by atoms with Gasteiger partial charge in [0.25, 0.3) is 0 Å². The fraction of sp³-hybridized carbons (Fsp3) is 0.500. The summed E-state index contributed by atoms with van der Waals surface area (Å²) in [5.74, 6) is -0.176. The summed E-state index contributed by atoms with van der Waals surface area (Å²) in [6, 6.07) is 6.12. The van der Waals surface area contributed by atoms with Gasteiger partial charge in [0, 0.05) is 13.1 Å². The van der Waals surface area contributed by atoms with E-state index in [-0.39, 0.29) is 5.75 Å². The molecule has 1 aromatic carbocycles. The van der Waals surface area contributed by atoms with Crippen molar-refractivity contribution < 1.29 is 17.9 Å². The van der Waals surface area contributed by atoms with Crippen LogP contribution in [0.15, 0.2) is 30.3 Å². The predicted octanol–water partition coefficient (Wildman–Crippen LogP) is 5.07. The second-order valence-electron chi connectivity index (χ2n) is 5.77. The van der Waals surface area contributed by atoms with Crippen molar-refractivity contribution in [2.75, 3.05) is 19.6 Å². The maximum atomic E-state index is 12.1. The molecule has 1 aliphatic heterocycles. The van der Waals surface area contributed by atoms with Crippen LogP contribution in [0.25, 0.3) is 5.57 Å². The Balaban J connectivity index is 1.85. The molecule has 2 rings (SSSR count). The van der Waals surface area contributed by atoms with E-state index < -0.39 is 6.36 Å². The van der Waals surface area contributed by atoms with Gasteiger partial charge in [-0.3, -0.25) is 4.90 Å². The Labute approximate surface area is 135 Å². The fourth-order valence-electron chi connectivity index (χ4n) is 2.74. The SMILES string of the molecule is [CH2]CCCCCN1CC=C(c2ccc(OC(F)(F)F)cc2)CC1. The lowest BCUT2D eigenvalue weighted by atomic mass is 9.99. The van der Waals surface area contributed by atoms with Crippen LogP contribution in [0.1, 0.15) is 37.7 Å². The molecule has 0 saturated heterocycles. The van der Waals surface area contributed by atoms with Gasteiger partial charge in [-0.15, -0.1) is 13.2 Å². The summed E-state index contributed by atoms with van der Waals surface area (Å²) in [6.45, 7) is 6.84. The van der Waals surface area contributed by atoms with E-state index in [0.29, 0.717) is 0 Å². The maximum Gasteiger partial charge on any atom is 0.573 e. The smallest absolute Gasteiger partial charge is 0.406 e. The highest BCUT2D eigenvalue weighted by Gasteiger charge is 2.31. The first-order valence-electron chi connectivity index (χ1n) is 8.05. The second-order valence-corrected chi connectivity index (χ2v) is 5.77. The fourth-order valence-corrected chi connectivity index (χ4v) is 2.74. The molecule has 127 valence electrons. The molecule has 1 radical (unpaired) electrons. The van der Waals surface area contributed by atoms with Gasteiger partial charge in [-0.25, -0.2) is 0 Å². The third-order valence-electron chi connectivity index (χ3n) is 3.98. The number of unbranched alkanes of at least 4 members (excludes halogenated alkanes) is 3. The molecule has 2 nitrogen and oxygen atoms in total. The van der Waals surface area contributed by atoms with E-state index in [1.165, 1.54) is 37.0 Å². The summed E-state index contributed by atoms with van der Waals surface area (Å²) in [5, 5.41) is 0. The summed E-state index contributed by atoms with van der Waals surface area (Å²) in [5.41, 5.74) is 2.16. The molecule has 0 atom stereocenters. The van der Waals surface area contributed by atoms with E-state index in [9.17, 15) is 13.2 Å². The van der Waals surface area contributed by atoms with Crippen LogP contribution in [-0.2, 0) is 0 Å². The van der Waals surface area contributed by atoms with Crippen LogP contribution < -0.4 is 4.74 Å². The largest absolute Gasteiger partial charge is 0.573 e. The number of rotatable bonds is 7. The number of hydrogen-bond donors (Lipinski definition) is 0. The standard InChI is InChI=1S/C18H23F3NO/c1-2-3-4-5-12-22-13-10-16(11-14-22)15-6-8-17(9-7-15)23-18(19,20)21/h6-10H,1-5,11-14H2. The number of halogens is 3.